The number of aryl methyl sites for hydroxylation is 1. The fraction of sp³-hybridized carbons (Fsp3) is 0.577. The van der Waals surface area contributed by atoms with Gasteiger partial charge in [0.05, 0.1) is 17.2 Å². The number of benzene rings is 1. The summed E-state index contributed by atoms with van der Waals surface area (Å²) in [5.74, 6) is -2.02. The SMILES string of the molecule is CC(C)(C)OC(=O)N1CCC(OCCCc2ccc3c(c2)C(=O)N(C2CCC(=O)NC2=O)C3=O)CC1. The van der Waals surface area contributed by atoms with Crippen LogP contribution in [0.5, 0.6) is 0 Å². The van der Waals surface area contributed by atoms with Gasteiger partial charge in [-0.1, -0.05) is 6.07 Å². The molecule has 2 saturated heterocycles. The molecule has 1 aromatic rings. The molecule has 0 spiro atoms. The molecule has 0 aliphatic carbocycles. The highest BCUT2D eigenvalue weighted by Gasteiger charge is 2.44. The van der Waals surface area contributed by atoms with Gasteiger partial charge < -0.3 is 14.4 Å². The van der Waals surface area contributed by atoms with E-state index in [4.69, 9.17) is 9.47 Å². The van der Waals surface area contributed by atoms with Crippen molar-refractivity contribution in [1.29, 1.82) is 0 Å². The van der Waals surface area contributed by atoms with Gasteiger partial charge in [-0.3, -0.25) is 29.4 Å². The molecule has 1 N–H and O–H groups in total. The summed E-state index contributed by atoms with van der Waals surface area (Å²) in [7, 11) is 0. The van der Waals surface area contributed by atoms with Crippen LogP contribution < -0.4 is 5.32 Å². The Balaban J connectivity index is 1.24. The minimum Gasteiger partial charge on any atom is -0.444 e. The standard InChI is InChI=1S/C26H33N3O7/c1-26(2,3)36-25(34)28-12-10-17(11-13-28)35-14-4-5-16-6-7-18-19(15-16)24(33)29(23(18)32)20-8-9-21(30)27-22(20)31/h6-7,15,17,20H,4-5,8-14H2,1-3H3,(H,27,30,31). The second-order valence-electron chi connectivity index (χ2n) is 10.5. The van der Waals surface area contributed by atoms with Crippen molar-refractivity contribution < 1.29 is 33.4 Å². The number of piperidine rings is 2. The number of fused-ring (bicyclic) bond motifs is 1. The lowest BCUT2D eigenvalue weighted by Gasteiger charge is -2.33. The summed E-state index contributed by atoms with van der Waals surface area (Å²) in [6, 6.07) is 4.19. The molecule has 1 unspecified atom stereocenters. The van der Waals surface area contributed by atoms with Crippen LogP contribution in [0.2, 0.25) is 0 Å². The Morgan fingerprint density at radius 2 is 1.72 bits per heavy atom. The van der Waals surface area contributed by atoms with Crippen molar-refractivity contribution in [2.75, 3.05) is 19.7 Å². The van der Waals surface area contributed by atoms with Crippen LogP contribution in [0, 0.1) is 0 Å². The van der Waals surface area contributed by atoms with Crippen molar-refractivity contribution >= 4 is 29.7 Å². The van der Waals surface area contributed by atoms with Gasteiger partial charge in [0.25, 0.3) is 11.8 Å². The van der Waals surface area contributed by atoms with Crippen LogP contribution in [0.3, 0.4) is 0 Å². The van der Waals surface area contributed by atoms with Gasteiger partial charge in [0.1, 0.15) is 11.6 Å². The molecular formula is C26H33N3O7. The molecular weight excluding hydrogens is 466 g/mol. The summed E-state index contributed by atoms with van der Waals surface area (Å²) < 4.78 is 11.4. The van der Waals surface area contributed by atoms with Gasteiger partial charge in [-0.2, -0.15) is 0 Å². The lowest BCUT2D eigenvalue weighted by molar-refractivity contribution is -0.136. The van der Waals surface area contributed by atoms with Crippen molar-refractivity contribution in [3.05, 3.63) is 34.9 Å². The van der Waals surface area contributed by atoms with Crippen LogP contribution in [-0.2, 0) is 25.5 Å². The number of hydrogen-bond donors (Lipinski definition) is 1. The Kier molecular flexibility index (Phi) is 7.44. The van der Waals surface area contributed by atoms with Crippen LogP contribution in [0.1, 0.15) is 79.2 Å². The summed E-state index contributed by atoms with van der Waals surface area (Å²) in [6.07, 6.45) is 2.95. The predicted molar refractivity (Wildman–Crippen MR) is 128 cm³/mol. The van der Waals surface area contributed by atoms with E-state index in [2.05, 4.69) is 5.32 Å². The first-order chi connectivity index (χ1) is 17.0. The summed E-state index contributed by atoms with van der Waals surface area (Å²) in [5, 5.41) is 2.20. The number of rotatable bonds is 6. The van der Waals surface area contributed by atoms with Crippen LogP contribution in [0.15, 0.2) is 18.2 Å². The first-order valence-electron chi connectivity index (χ1n) is 12.5. The van der Waals surface area contributed by atoms with E-state index < -0.39 is 35.3 Å². The molecule has 0 radical (unpaired) electrons. The smallest absolute Gasteiger partial charge is 0.410 e. The third-order valence-corrected chi connectivity index (χ3v) is 6.56. The van der Waals surface area contributed by atoms with Crippen molar-refractivity contribution in [2.45, 2.75) is 77.0 Å². The Labute approximate surface area is 210 Å². The van der Waals surface area contributed by atoms with E-state index in [0.29, 0.717) is 26.1 Å². The van der Waals surface area contributed by atoms with Crippen LogP contribution in [0.4, 0.5) is 4.79 Å². The Morgan fingerprint density at radius 3 is 2.39 bits per heavy atom. The molecule has 3 aliphatic heterocycles. The molecule has 3 aliphatic rings. The lowest BCUT2D eigenvalue weighted by atomic mass is 10.0. The molecule has 2 fully saturated rings. The summed E-state index contributed by atoms with van der Waals surface area (Å²) >= 11 is 0. The molecule has 4 rings (SSSR count). The number of likely N-dealkylation sites (tertiary alicyclic amines) is 1. The van der Waals surface area contributed by atoms with Gasteiger partial charge in [0.2, 0.25) is 11.8 Å². The fourth-order valence-corrected chi connectivity index (χ4v) is 4.73. The van der Waals surface area contributed by atoms with E-state index >= 15 is 0 Å². The zero-order chi connectivity index (χ0) is 26.0. The van der Waals surface area contributed by atoms with Crippen molar-refractivity contribution in [1.82, 2.24) is 15.1 Å². The van der Waals surface area contributed by atoms with Gasteiger partial charge in [-0.05, 0) is 70.6 Å². The minimum absolute atomic E-state index is 0.0880. The van der Waals surface area contributed by atoms with Gasteiger partial charge in [0.15, 0.2) is 0 Å². The van der Waals surface area contributed by atoms with Crippen LogP contribution in [-0.4, -0.2) is 77.0 Å². The first kappa shape index (κ1) is 25.8. The number of carbonyl (C=O) groups excluding carboxylic acids is 5. The molecule has 194 valence electrons. The second-order valence-corrected chi connectivity index (χ2v) is 10.5. The Hall–Kier alpha value is -3.27. The molecule has 0 aromatic heterocycles. The van der Waals surface area contributed by atoms with Gasteiger partial charge in [0, 0.05) is 26.1 Å². The maximum absolute atomic E-state index is 13.0. The van der Waals surface area contributed by atoms with E-state index in [-0.39, 0.29) is 36.2 Å². The number of amides is 5. The number of imide groups is 2. The first-order valence-corrected chi connectivity index (χ1v) is 12.5. The molecule has 1 aromatic carbocycles. The molecule has 36 heavy (non-hydrogen) atoms. The largest absolute Gasteiger partial charge is 0.444 e. The Morgan fingerprint density at radius 1 is 1.03 bits per heavy atom. The number of carbonyl (C=O) groups is 5. The van der Waals surface area contributed by atoms with E-state index in [0.717, 1.165) is 29.7 Å². The molecule has 0 saturated carbocycles. The molecule has 1 atom stereocenters. The highest BCUT2D eigenvalue weighted by atomic mass is 16.6. The predicted octanol–water partition coefficient (Wildman–Crippen LogP) is 2.44. The highest BCUT2D eigenvalue weighted by molar-refractivity contribution is 6.23. The summed E-state index contributed by atoms with van der Waals surface area (Å²) in [5.41, 5.74) is 0.964. The zero-order valence-corrected chi connectivity index (χ0v) is 21.0. The van der Waals surface area contributed by atoms with Crippen molar-refractivity contribution in [3.63, 3.8) is 0 Å². The van der Waals surface area contributed by atoms with Crippen LogP contribution >= 0.6 is 0 Å². The van der Waals surface area contributed by atoms with Gasteiger partial charge in [-0.25, -0.2) is 4.79 Å². The highest BCUT2D eigenvalue weighted by Crippen LogP contribution is 2.28. The number of nitrogens with zero attached hydrogens (tertiary/aromatic N) is 2. The molecule has 10 heteroatoms. The van der Waals surface area contributed by atoms with E-state index in [1.54, 1.807) is 17.0 Å². The maximum atomic E-state index is 13.0. The number of ether oxygens (including phenoxy) is 2. The normalized spacial score (nSPS) is 21.0. The lowest BCUT2D eigenvalue weighted by Crippen LogP contribution is -2.54. The second kappa shape index (κ2) is 10.4. The average molecular weight is 500 g/mol. The number of hydrogen-bond acceptors (Lipinski definition) is 7. The average Bonchev–Trinajstić information content (AvgIpc) is 3.06. The number of nitrogens with one attached hydrogen (secondary N) is 1. The maximum Gasteiger partial charge on any atom is 0.410 e. The molecule has 10 nitrogen and oxygen atoms in total. The van der Waals surface area contributed by atoms with Crippen LogP contribution in [0.25, 0.3) is 0 Å². The zero-order valence-electron chi connectivity index (χ0n) is 21.0. The van der Waals surface area contributed by atoms with E-state index in [9.17, 15) is 24.0 Å². The fourth-order valence-electron chi connectivity index (χ4n) is 4.73. The topological polar surface area (TPSA) is 122 Å². The van der Waals surface area contributed by atoms with Gasteiger partial charge >= 0.3 is 6.09 Å². The minimum atomic E-state index is -0.964. The Bertz CT molecular complexity index is 1070. The van der Waals surface area contributed by atoms with Crippen molar-refractivity contribution in [2.24, 2.45) is 0 Å². The molecule has 3 heterocycles. The summed E-state index contributed by atoms with van der Waals surface area (Å²) in [4.78, 5) is 64.2. The third-order valence-electron chi connectivity index (χ3n) is 6.56. The van der Waals surface area contributed by atoms with Crippen molar-refractivity contribution in [3.8, 4) is 0 Å². The van der Waals surface area contributed by atoms with E-state index in [1.165, 1.54) is 0 Å². The van der Waals surface area contributed by atoms with E-state index in [1.807, 2.05) is 26.8 Å². The van der Waals surface area contributed by atoms with Gasteiger partial charge in [-0.15, -0.1) is 0 Å². The third kappa shape index (κ3) is 5.75. The summed E-state index contributed by atoms with van der Waals surface area (Å²) in [6.45, 7) is 7.30. The quantitative estimate of drug-likeness (QED) is 0.471. The molecule has 0 bridgehead atoms. The molecule has 5 amide bonds. The monoisotopic (exact) mass is 499 g/mol.